The van der Waals surface area contributed by atoms with Gasteiger partial charge in [-0.2, -0.15) is 0 Å². The van der Waals surface area contributed by atoms with Gasteiger partial charge in [0.1, 0.15) is 0 Å². The minimum Gasteiger partial charge on any atom is -0.503 e. The van der Waals surface area contributed by atoms with E-state index >= 15 is 0 Å². The second-order valence-electron chi connectivity index (χ2n) is 6.36. The smallest absolute Gasteiger partial charge is 0.290 e. The summed E-state index contributed by atoms with van der Waals surface area (Å²) in [6.45, 7) is 6.21. The van der Waals surface area contributed by atoms with Crippen LogP contribution in [-0.2, 0) is 9.59 Å². The molecule has 1 aromatic carbocycles. The number of hydrogen-bond donors (Lipinski definition) is 1. The average molecular weight is 370 g/mol. The standard InChI is InChI=1S/C18H21Cl2NO3/c1-4-7-21-16(11-5-6-12(19)13(20)9-11)15(17(23)18(21)24)14(22)8-10(2)3/h5-6,9-10,16,23H,4,7-8H2,1-3H3. The van der Waals surface area contributed by atoms with Gasteiger partial charge in [-0.3, -0.25) is 9.59 Å². The largest absolute Gasteiger partial charge is 0.503 e. The molecule has 1 aromatic rings. The van der Waals surface area contributed by atoms with Gasteiger partial charge in [-0.15, -0.1) is 0 Å². The van der Waals surface area contributed by atoms with Crippen LogP contribution in [0, 0.1) is 5.92 Å². The van der Waals surface area contributed by atoms with Gasteiger partial charge in [0.25, 0.3) is 5.91 Å². The van der Waals surface area contributed by atoms with Crippen molar-refractivity contribution >= 4 is 34.9 Å². The van der Waals surface area contributed by atoms with Gasteiger partial charge >= 0.3 is 0 Å². The van der Waals surface area contributed by atoms with Crippen LogP contribution in [0.4, 0.5) is 0 Å². The van der Waals surface area contributed by atoms with Crippen molar-refractivity contribution in [3.05, 3.63) is 45.1 Å². The number of aliphatic hydroxyl groups excluding tert-OH is 1. The fraction of sp³-hybridized carbons (Fsp3) is 0.444. The van der Waals surface area contributed by atoms with E-state index in [1.54, 1.807) is 18.2 Å². The Balaban J connectivity index is 2.53. The van der Waals surface area contributed by atoms with E-state index in [-0.39, 0.29) is 23.7 Å². The first-order valence-electron chi connectivity index (χ1n) is 8.00. The summed E-state index contributed by atoms with van der Waals surface area (Å²) in [7, 11) is 0. The Morgan fingerprint density at radius 1 is 1.29 bits per heavy atom. The number of aliphatic hydroxyl groups is 1. The monoisotopic (exact) mass is 369 g/mol. The first-order chi connectivity index (χ1) is 11.3. The molecule has 0 radical (unpaired) electrons. The van der Waals surface area contributed by atoms with Crippen molar-refractivity contribution in [1.29, 1.82) is 0 Å². The predicted molar refractivity (Wildman–Crippen MR) is 95.3 cm³/mol. The molecule has 1 heterocycles. The van der Waals surface area contributed by atoms with Gasteiger partial charge in [0.2, 0.25) is 0 Å². The molecule has 0 spiro atoms. The maximum atomic E-state index is 12.6. The van der Waals surface area contributed by atoms with Gasteiger partial charge in [-0.25, -0.2) is 0 Å². The lowest BCUT2D eigenvalue weighted by molar-refractivity contribution is -0.129. The lowest BCUT2D eigenvalue weighted by Gasteiger charge is -2.26. The van der Waals surface area contributed by atoms with E-state index in [1.807, 2.05) is 20.8 Å². The number of ketones is 1. The minimum absolute atomic E-state index is 0.127. The highest BCUT2D eigenvalue weighted by Gasteiger charge is 2.42. The zero-order chi connectivity index (χ0) is 18.0. The molecule has 0 bridgehead atoms. The first-order valence-corrected chi connectivity index (χ1v) is 8.75. The number of halogens is 2. The van der Waals surface area contributed by atoms with Crippen molar-refractivity contribution in [1.82, 2.24) is 4.90 Å². The van der Waals surface area contributed by atoms with Gasteiger partial charge in [0.15, 0.2) is 11.5 Å². The van der Waals surface area contributed by atoms with Crippen LogP contribution in [0.5, 0.6) is 0 Å². The van der Waals surface area contributed by atoms with Crippen LogP contribution in [0.2, 0.25) is 10.0 Å². The lowest BCUT2D eigenvalue weighted by atomic mass is 9.92. The molecule has 130 valence electrons. The first kappa shape index (κ1) is 18.8. The maximum Gasteiger partial charge on any atom is 0.290 e. The summed E-state index contributed by atoms with van der Waals surface area (Å²) in [5, 5.41) is 11.0. The molecule has 4 nitrogen and oxygen atoms in total. The second kappa shape index (κ2) is 7.58. The predicted octanol–water partition coefficient (Wildman–Crippen LogP) is 4.71. The van der Waals surface area contributed by atoms with Crippen molar-refractivity contribution < 1.29 is 14.7 Å². The van der Waals surface area contributed by atoms with Gasteiger partial charge in [0.05, 0.1) is 21.7 Å². The molecule has 1 amide bonds. The van der Waals surface area contributed by atoms with E-state index in [0.29, 0.717) is 28.6 Å². The van der Waals surface area contributed by atoms with Gasteiger partial charge in [-0.1, -0.05) is 50.0 Å². The molecule has 0 saturated heterocycles. The molecular weight excluding hydrogens is 349 g/mol. The van der Waals surface area contributed by atoms with Crippen LogP contribution in [0.3, 0.4) is 0 Å². The molecule has 6 heteroatoms. The quantitative estimate of drug-likeness (QED) is 0.789. The van der Waals surface area contributed by atoms with Crippen LogP contribution < -0.4 is 0 Å². The number of benzene rings is 1. The van der Waals surface area contributed by atoms with E-state index in [2.05, 4.69) is 0 Å². The van der Waals surface area contributed by atoms with Crippen molar-refractivity contribution in [2.24, 2.45) is 5.92 Å². The van der Waals surface area contributed by atoms with E-state index < -0.39 is 17.7 Å². The molecule has 1 aliphatic rings. The number of carbonyl (C=O) groups excluding carboxylic acids is 2. The summed E-state index contributed by atoms with van der Waals surface area (Å²) in [6.07, 6.45) is 0.979. The van der Waals surface area contributed by atoms with Crippen molar-refractivity contribution in [3.8, 4) is 0 Å². The summed E-state index contributed by atoms with van der Waals surface area (Å²) >= 11 is 12.1. The van der Waals surface area contributed by atoms with Crippen LogP contribution in [0.15, 0.2) is 29.5 Å². The molecule has 0 saturated carbocycles. The molecule has 1 atom stereocenters. The van der Waals surface area contributed by atoms with Crippen molar-refractivity contribution in [2.75, 3.05) is 6.54 Å². The third-order valence-corrected chi connectivity index (χ3v) is 4.66. The van der Waals surface area contributed by atoms with E-state index in [1.165, 1.54) is 4.90 Å². The Labute approximate surface area is 152 Å². The molecular formula is C18H21Cl2NO3. The zero-order valence-electron chi connectivity index (χ0n) is 14.0. The lowest BCUT2D eigenvalue weighted by Crippen LogP contribution is -2.31. The topological polar surface area (TPSA) is 57.6 Å². The fourth-order valence-corrected chi connectivity index (χ4v) is 3.23. The SMILES string of the molecule is CCCN1C(=O)C(O)=C(C(=O)CC(C)C)C1c1ccc(Cl)c(Cl)c1. The van der Waals surface area contributed by atoms with Crippen LogP contribution in [-0.4, -0.2) is 28.2 Å². The Hall–Kier alpha value is -1.52. The molecule has 24 heavy (non-hydrogen) atoms. The minimum atomic E-state index is -0.626. The van der Waals surface area contributed by atoms with E-state index in [0.717, 1.165) is 0 Å². The Bertz CT molecular complexity index is 698. The Morgan fingerprint density at radius 3 is 2.50 bits per heavy atom. The highest BCUT2D eigenvalue weighted by molar-refractivity contribution is 6.42. The molecule has 0 aromatic heterocycles. The average Bonchev–Trinajstić information content (AvgIpc) is 2.75. The highest BCUT2D eigenvalue weighted by atomic mass is 35.5. The number of Topliss-reactive ketones (excluding diaryl/α,β-unsaturated/α-hetero) is 1. The summed E-state index contributed by atoms with van der Waals surface area (Å²) in [5.41, 5.74) is 0.822. The van der Waals surface area contributed by atoms with E-state index in [9.17, 15) is 14.7 Å². The number of nitrogens with zero attached hydrogens (tertiary/aromatic N) is 1. The summed E-state index contributed by atoms with van der Waals surface area (Å²) < 4.78 is 0. The molecule has 1 unspecified atom stereocenters. The molecule has 0 aliphatic carbocycles. The van der Waals surface area contributed by atoms with Crippen molar-refractivity contribution in [3.63, 3.8) is 0 Å². The zero-order valence-corrected chi connectivity index (χ0v) is 15.5. The Morgan fingerprint density at radius 2 is 1.96 bits per heavy atom. The molecule has 0 fully saturated rings. The summed E-state index contributed by atoms with van der Waals surface area (Å²) in [5.74, 6) is -1.06. The van der Waals surface area contributed by atoms with E-state index in [4.69, 9.17) is 23.2 Å². The van der Waals surface area contributed by atoms with Crippen LogP contribution in [0.1, 0.15) is 45.2 Å². The number of hydrogen-bond acceptors (Lipinski definition) is 3. The fourth-order valence-electron chi connectivity index (χ4n) is 2.92. The van der Waals surface area contributed by atoms with Gasteiger partial charge in [0, 0.05) is 13.0 Å². The van der Waals surface area contributed by atoms with Crippen molar-refractivity contribution in [2.45, 2.75) is 39.7 Å². The molecule has 1 aliphatic heterocycles. The second-order valence-corrected chi connectivity index (χ2v) is 7.17. The molecule has 1 N–H and O–H groups in total. The third-order valence-electron chi connectivity index (χ3n) is 3.92. The van der Waals surface area contributed by atoms with Gasteiger partial charge < -0.3 is 10.0 Å². The third kappa shape index (κ3) is 3.60. The normalized spacial score (nSPS) is 18.0. The van der Waals surface area contributed by atoms with Crippen LogP contribution >= 0.6 is 23.2 Å². The molecule has 2 rings (SSSR count). The van der Waals surface area contributed by atoms with Gasteiger partial charge in [-0.05, 0) is 30.0 Å². The number of carbonyl (C=O) groups is 2. The Kier molecular flexibility index (Phi) is 5.94. The summed E-state index contributed by atoms with van der Waals surface area (Å²) in [6, 6.07) is 4.38. The van der Waals surface area contributed by atoms with Crippen LogP contribution in [0.25, 0.3) is 0 Å². The number of amides is 1. The maximum absolute atomic E-state index is 12.6. The highest BCUT2D eigenvalue weighted by Crippen LogP contribution is 2.40. The number of rotatable bonds is 6. The summed E-state index contributed by atoms with van der Waals surface area (Å²) in [4.78, 5) is 26.6.